The Balaban J connectivity index is 1.66. The largest absolute Gasteiger partial charge is 0.337 e. The monoisotopic (exact) mass is 415 g/mol. The number of halogens is 2. The highest BCUT2D eigenvalue weighted by Gasteiger charge is 2.50. The van der Waals surface area contributed by atoms with Crippen LogP contribution in [0.2, 0.25) is 5.02 Å². The second kappa shape index (κ2) is 8.05. The van der Waals surface area contributed by atoms with Crippen molar-refractivity contribution in [3.8, 4) is 0 Å². The van der Waals surface area contributed by atoms with Crippen molar-refractivity contribution in [1.82, 2.24) is 15.1 Å². The molecule has 1 saturated heterocycles. The molecule has 1 aliphatic carbocycles. The van der Waals surface area contributed by atoms with Crippen molar-refractivity contribution in [2.24, 2.45) is 0 Å². The highest BCUT2D eigenvalue weighted by atomic mass is 35.5. The first-order chi connectivity index (χ1) is 13.9. The molecule has 154 valence electrons. The third kappa shape index (κ3) is 3.79. The third-order valence-corrected chi connectivity index (χ3v) is 6.69. The number of carbonyl (C=O) groups is 1. The molecule has 1 atom stereocenters. The quantitative estimate of drug-likeness (QED) is 0.830. The fourth-order valence-electron chi connectivity index (χ4n) is 4.74. The molecule has 1 aliphatic heterocycles. The predicted molar refractivity (Wildman–Crippen MR) is 114 cm³/mol. The van der Waals surface area contributed by atoms with Gasteiger partial charge in [-0.3, -0.25) is 9.69 Å². The van der Waals surface area contributed by atoms with Crippen molar-refractivity contribution in [3.63, 3.8) is 0 Å². The van der Waals surface area contributed by atoms with E-state index in [0.29, 0.717) is 23.4 Å². The van der Waals surface area contributed by atoms with Gasteiger partial charge in [-0.25, -0.2) is 4.39 Å². The Kier molecular flexibility index (Phi) is 5.65. The van der Waals surface area contributed by atoms with Crippen LogP contribution in [0.25, 0.3) is 0 Å². The number of benzene rings is 2. The second-order valence-electron chi connectivity index (χ2n) is 8.19. The van der Waals surface area contributed by atoms with Gasteiger partial charge in [0, 0.05) is 51.1 Å². The summed E-state index contributed by atoms with van der Waals surface area (Å²) in [4.78, 5) is 18.1. The summed E-state index contributed by atoms with van der Waals surface area (Å²) in [5.41, 5.74) is 2.60. The van der Waals surface area contributed by atoms with E-state index >= 15 is 0 Å². The van der Waals surface area contributed by atoms with E-state index in [9.17, 15) is 9.18 Å². The number of hydrogen-bond donors (Lipinski definition) is 1. The van der Waals surface area contributed by atoms with Crippen LogP contribution in [0.1, 0.15) is 29.7 Å². The molecule has 0 radical (unpaired) electrons. The minimum absolute atomic E-state index is 0.0866. The molecule has 1 amide bonds. The number of fused-ring (bicyclic) bond motifs is 1. The Labute approximate surface area is 176 Å². The Morgan fingerprint density at radius 3 is 2.38 bits per heavy atom. The molecule has 2 aliphatic rings. The summed E-state index contributed by atoms with van der Waals surface area (Å²) in [6.45, 7) is 5.37. The molecule has 4 rings (SSSR count). The molecule has 0 saturated carbocycles. The van der Waals surface area contributed by atoms with Crippen molar-refractivity contribution in [2.75, 3.05) is 33.2 Å². The number of nitrogens with zero attached hydrogens (tertiary/aromatic N) is 2. The maximum Gasteiger partial charge on any atom is 0.244 e. The van der Waals surface area contributed by atoms with E-state index in [1.807, 2.05) is 26.1 Å². The standard InChI is InChI=1S/C23H27ClFN3O/c1-16(19-11-20(24)13-21(25)12-19)27(2)22(29)23(28-9-7-26-8-10-28)14-17-5-3-4-6-18(17)15-23/h3-6,11-13,16,26H,7-10,14-15H2,1-2H3/t16-/m1/s1. The minimum atomic E-state index is -0.591. The molecule has 1 N–H and O–H groups in total. The van der Waals surface area contributed by atoms with Crippen molar-refractivity contribution in [1.29, 1.82) is 0 Å². The lowest BCUT2D eigenvalue weighted by molar-refractivity contribution is -0.145. The molecule has 0 spiro atoms. The van der Waals surface area contributed by atoms with E-state index in [4.69, 9.17) is 11.6 Å². The summed E-state index contributed by atoms with van der Waals surface area (Å²) in [5.74, 6) is -0.297. The van der Waals surface area contributed by atoms with Gasteiger partial charge in [0.2, 0.25) is 5.91 Å². The average Bonchev–Trinajstić information content (AvgIpc) is 3.13. The lowest BCUT2D eigenvalue weighted by Crippen LogP contribution is -2.64. The van der Waals surface area contributed by atoms with Crippen LogP contribution in [0.3, 0.4) is 0 Å². The van der Waals surface area contributed by atoms with Gasteiger partial charge in [0.15, 0.2) is 0 Å². The summed E-state index contributed by atoms with van der Waals surface area (Å²) in [6.07, 6.45) is 1.42. The van der Waals surface area contributed by atoms with Crippen LogP contribution in [0.4, 0.5) is 4.39 Å². The number of carbonyl (C=O) groups excluding carboxylic acids is 1. The van der Waals surface area contributed by atoms with E-state index < -0.39 is 5.54 Å². The van der Waals surface area contributed by atoms with E-state index in [1.165, 1.54) is 23.3 Å². The smallest absolute Gasteiger partial charge is 0.244 e. The normalized spacial score (nSPS) is 19.6. The van der Waals surface area contributed by atoms with Gasteiger partial charge in [-0.15, -0.1) is 0 Å². The summed E-state index contributed by atoms with van der Waals surface area (Å²) in [5, 5.41) is 3.73. The summed E-state index contributed by atoms with van der Waals surface area (Å²) in [7, 11) is 1.82. The minimum Gasteiger partial charge on any atom is -0.337 e. The van der Waals surface area contributed by atoms with Gasteiger partial charge in [-0.2, -0.15) is 0 Å². The Morgan fingerprint density at radius 2 is 1.79 bits per heavy atom. The van der Waals surface area contributed by atoms with Gasteiger partial charge in [0.1, 0.15) is 11.4 Å². The molecule has 4 nitrogen and oxygen atoms in total. The van der Waals surface area contributed by atoms with Crippen LogP contribution >= 0.6 is 11.6 Å². The SMILES string of the molecule is C[C@H](c1cc(F)cc(Cl)c1)N(C)C(=O)C1(N2CCNCC2)Cc2ccccc2C1. The molecule has 6 heteroatoms. The highest BCUT2D eigenvalue weighted by molar-refractivity contribution is 6.30. The molecule has 29 heavy (non-hydrogen) atoms. The maximum absolute atomic E-state index is 14.0. The molecule has 2 aromatic rings. The van der Waals surface area contributed by atoms with Gasteiger partial charge in [-0.05, 0) is 41.8 Å². The number of rotatable bonds is 4. The first kappa shape index (κ1) is 20.3. The van der Waals surface area contributed by atoms with E-state index in [0.717, 1.165) is 26.2 Å². The topological polar surface area (TPSA) is 35.6 Å². The van der Waals surface area contributed by atoms with Gasteiger partial charge in [0.25, 0.3) is 0 Å². The number of amides is 1. The zero-order valence-corrected chi connectivity index (χ0v) is 17.7. The van der Waals surface area contributed by atoms with Crippen LogP contribution in [-0.4, -0.2) is 54.5 Å². The Bertz CT molecular complexity index is 867. The maximum atomic E-state index is 14.0. The Hall–Kier alpha value is -1.95. The molecule has 1 heterocycles. The van der Waals surface area contributed by atoms with E-state index in [2.05, 4.69) is 22.3 Å². The van der Waals surface area contributed by atoms with Gasteiger partial charge < -0.3 is 10.2 Å². The number of likely N-dealkylation sites (N-methyl/N-ethyl adjacent to an activating group) is 1. The summed E-state index contributed by atoms with van der Waals surface area (Å²) >= 11 is 6.06. The van der Waals surface area contributed by atoms with E-state index in [1.54, 1.807) is 11.0 Å². The second-order valence-corrected chi connectivity index (χ2v) is 8.62. The van der Waals surface area contributed by atoms with E-state index in [-0.39, 0.29) is 17.8 Å². The number of nitrogens with one attached hydrogen (secondary N) is 1. The molecule has 0 aromatic heterocycles. The lowest BCUT2D eigenvalue weighted by atomic mass is 9.89. The molecule has 0 unspecified atom stereocenters. The predicted octanol–water partition coefficient (Wildman–Crippen LogP) is 3.44. The van der Waals surface area contributed by atoms with Crippen LogP contribution in [0.5, 0.6) is 0 Å². The fourth-order valence-corrected chi connectivity index (χ4v) is 4.97. The van der Waals surface area contributed by atoms with Crippen LogP contribution in [0.15, 0.2) is 42.5 Å². The van der Waals surface area contributed by atoms with Gasteiger partial charge >= 0.3 is 0 Å². The first-order valence-electron chi connectivity index (χ1n) is 10.2. The molecule has 1 fully saturated rings. The summed E-state index contributed by atoms with van der Waals surface area (Å²) < 4.78 is 13.9. The number of hydrogen-bond acceptors (Lipinski definition) is 3. The van der Waals surface area contributed by atoms with Crippen LogP contribution in [-0.2, 0) is 17.6 Å². The highest BCUT2D eigenvalue weighted by Crippen LogP contribution is 2.38. The molecular weight excluding hydrogens is 389 g/mol. The molecule has 0 bridgehead atoms. The van der Waals surface area contributed by atoms with Crippen LogP contribution in [0, 0.1) is 5.82 Å². The number of piperazine rings is 1. The zero-order chi connectivity index (χ0) is 20.6. The third-order valence-electron chi connectivity index (χ3n) is 6.47. The van der Waals surface area contributed by atoms with Crippen molar-refractivity contribution < 1.29 is 9.18 Å². The van der Waals surface area contributed by atoms with Gasteiger partial charge in [0.05, 0.1) is 6.04 Å². The molecule has 2 aromatic carbocycles. The average molecular weight is 416 g/mol. The van der Waals surface area contributed by atoms with Crippen LogP contribution < -0.4 is 5.32 Å². The first-order valence-corrected chi connectivity index (χ1v) is 10.5. The molecular formula is C23H27ClFN3O. The summed E-state index contributed by atoms with van der Waals surface area (Å²) in [6, 6.07) is 12.5. The van der Waals surface area contributed by atoms with Gasteiger partial charge in [-0.1, -0.05) is 35.9 Å². The zero-order valence-electron chi connectivity index (χ0n) is 16.9. The van der Waals surface area contributed by atoms with Crippen molar-refractivity contribution in [2.45, 2.75) is 31.3 Å². The van der Waals surface area contributed by atoms with Crippen molar-refractivity contribution >= 4 is 17.5 Å². The fraction of sp³-hybridized carbons (Fsp3) is 0.435. The van der Waals surface area contributed by atoms with Crippen molar-refractivity contribution in [3.05, 3.63) is 70.0 Å². The Morgan fingerprint density at radius 1 is 1.17 bits per heavy atom. The lowest BCUT2D eigenvalue weighted by Gasteiger charge is -2.45.